The molecule has 2 aromatic rings. The van der Waals surface area contributed by atoms with Crippen molar-refractivity contribution < 1.29 is 19.1 Å². The standard InChI is InChI=1S/C18H18O4/c1-18(2,22-17(20)15-11-7-4-8-12-15)13-21-16(19)14-9-5-3-6-10-14/h3-12H,13H2,1-2H3. The van der Waals surface area contributed by atoms with E-state index in [-0.39, 0.29) is 6.61 Å². The molecule has 0 saturated heterocycles. The van der Waals surface area contributed by atoms with Gasteiger partial charge in [0, 0.05) is 0 Å². The van der Waals surface area contributed by atoms with Crippen LogP contribution in [0.3, 0.4) is 0 Å². The third-order valence-electron chi connectivity index (χ3n) is 2.94. The molecular formula is C18H18O4. The first-order valence-corrected chi connectivity index (χ1v) is 6.98. The highest BCUT2D eigenvalue weighted by Crippen LogP contribution is 2.15. The van der Waals surface area contributed by atoms with E-state index in [9.17, 15) is 9.59 Å². The summed E-state index contributed by atoms with van der Waals surface area (Å²) in [7, 11) is 0. The molecule has 0 aliphatic carbocycles. The smallest absolute Gasteiger partial charge is 0.338 e. The van der Waals surface area contributed by atoms with Gasteiger partial charge in [0.05, 0.1) is 11.1 Å². The highest BCUT2D eigenvalue weighted by Gasteiger charge is 2.26. The lowest BCUT2D eigenvalue weighted by atomic mass is 10.1. The molecule has 0 heterocycles. The van der Waals surface area contributed by atoms with Crippen molar-refractivity contribution in [2.75, 3.05) is 6.61 Å². The molecule has 0 fully saturated rings. The Morgan fingerprint density at radius 2 is 1.27 bits per heavy atom. The second kappa shape index (κ2) is 6.89. The van der Waals surface area contributed by atoms with E-state index in [0.717, 1.165) is 0 Å². The first-order valence-electron chi connectivity index (χ1n) is 6.98. The van der Waals surface area contributed by atoms with Crippen LogP contribution in [0.15, 0.2) is 60.7 Å². The van der Waals surface area contributed by atoms with Crippen LogP contribution in [0, 0.1) is 0 Å². The lowest BCUT2D eigenvalue weighted by Gasteiger charge is -2.24. The van der Waals surface area contributed by atoms with Gasteiger partial charge in [-0.1, -0.05) is 36.4 Å². The zero-order chi connectivity index (χ0) is 16.0. The molecular weight excluding hydrogens is 280 g/mol. The van der Waals surface area contributed by atoms with Crippen LogP contribution in [0.5, 0.6) is 0 Å². The maximum atomic E-state index is 12.0. The number of ether oxygens (including phenoxy) is 2. The molecule has 0 atom stereocenters. The third kappa shape index (κ3) is 4.45. The predicted octanol–water partition coefficient (Wildman–Crippen LogP) is 3.48. The zero-order valence-electron chi connectivity index (χ0n) is 12.6. The lowest BCUT2D eigenvalue weighted by molar-refractivity contribution is -0.0370. The number of carbonyl (C=O) groups is 2. The molecule has 4 nitrogen and oxygen atoms in total. The summed E-state index contributed by atoms with van der Waals surface area (Å²) in [6.07, 6.45) is 0. The highest BCUT2D eigenvalue weighted by molar-refractivity contribution is 5.90. The van der Waals surface area contributed by atoms with Crippen molar-refractivity contribution in [3.05, 3.63) is 71.8 Å². The lowest BCUT2D eigenvalue weighted by Crippen LogP contribution is -2.34. The van der Waals surface area contributed by atoms with Gasteiger partial charge in [0.2, 0.25) is 0 Å². The van der Waals surface area contributed by atoms with Crippen LogP contribution >= 0.6 is 0 Å². The molecule has 0 unspecified atom stereocenters. The van der Waals surface area contributed by atoms with Crippen molar-refractivity contribution in [1.82, 2.24) is 0 Å². The maximum Gasteiger partial charge on any atom is 0.338 e. The van der Waals surface area contributed by atoms with Gasteiger partial charge in [0.25, 0.3) is 0 Å². The molecule has 0 saturated carbocycles. The largest absolute Gasteiger partial charge is 0.458 e. The van der Waals surface area contributed by atoms with Gasteiger partial charge in [-0.25, -0.2) is 9.59 Å². The Balaban J connectivity index is 1.91. The molecule has 114 valence electrons. The van der Waals surface area contributed by atoms with Crippen molar-refractivity contribution in [2.45, 2.75) is 19.4 Å². The minimum absolute atomic E-state index is 0.0146. The van der Waals surface area contributed by atoms with E-state index in [1.54, 1.807) is 62.4 Å². The topological polar surface area (TPSA) is 52.6 Å². The number of carbonyl (C=O) groups excluding carboxylic acids is 2. The van der Waals surface area contributed by atoms with Gasteiger partial charge in [0.15, 0.2) is 0 Å². The molecule has 0 aliphatic heterocycles. The summed E-state index contributed by atoms with van der Waals surface area (Å²) < 4.78 is 10.6. The molecule has 0 aromatic heterocycles. The average molecular weight is 298 g/mol. The third-order valence-corrected chi connectivity index (χ3v) is 2.94. The van der Waals surface area contributed by atoms with Crippen LogP contribution in [-0.2, 0) is 9.47 Å². The van der Waals surface area contributed by atoms with Gasteiger partial charge in [-0.15, -0.1) is 0 Å². The fraction of sp³-hybridized carbons (Fsp3) is 0.222. The molecule has 2 rings (SSSR count). The molecule has 2 aromatic carbocycles. The van der Waals surface area contributed by atoms with Crippen molar-refractivity contribution in [2.24, 2.45) is 0 Å². The number of hydrogen-bond donors (Lipinski definition) is 0. The average Bonchev–Trinajstić information content (AvgIpc) is 2.54. The molecule has 0 bridgehead atoms. The summed E-state index contributed by atoms with van der Waals surface area (Å²) in [5, 5.41) is 0. The monoisotopic (exact) mass is 298 g/mol. The fourth-order valence-electron chi connectivity index (χ4n) is 1.81. The SMILES string of the molecule is CC(C)(COC(=O)c1ccccc1)OC(=O)c1ccccc1. The van der Waals surface area contributed by atoms with Crippen molar-refractivity contribution in [1.29, 1.82) is 0 Å². The summed E-state index contributed by atoms with van der Waals surface area (Å²) in [6, 6.07) is 17.4. The van der Waals surface area contributed by atoms with Crippen LogP contribution in [0.25, 0.3) is 0 Å². The Bertz CT molecular complexity index is 633. The number of rotatable bonds is 5. The van der Waals surface area contributed by atoms with Crippen LogP contribution < -0.4 is 0 Å². The van der Waals surface area contributed by atoms with Crippen LogP contribution in [0.2, 0.25) is 0 Å². The Morgan fingerprint density at radius 3 is 1.77 bits per heavy atom. The highest BCUT2D eigenvalue weighted by atomic mass is 16.6. The number of benzene rings is 2. The summed E-state index contributed by atoms with van der Waals surface area (Å²) in [5.74, 6) is -0.884. The van der Waals surface area contributed by atoms with Crippen LogP contribution in [-0.4, -0.2) is 24.1 Å². The van der Waals surface area contributed by atoms with E-state index in [4.69, 9.17) is 9.47 Å². The summed E-state index contributed by atoms with van der Waals surface area (Å²) in [6.45, 7) is 3.39. The first-order chi connectivity index (χ1) is 10.5. The summed E-state index contributed by atoms with van der Waals surface area (Å²) >= 11 is 0. The molecule has 0 spiro atoms. The second-order valence-electron chi connectivity index (χ2n) is 5.46. The van der Waals surface area contributed by atoms with Crippen molar-refractivity contribution in [3.63, 3.8) is 0 Å². The summed E-state index contributed by atoms with van der Waals surface area (Å²) in [4.78, 5) is 23.9. The summed E-state index contributed by atoms with van der Waals surface area (Å²) in [5.41, 5.74) is 0.0230. The molecule has 0 radical (unpaired) electrons. The Hall–Kier alpha value is -2.62. The van der Waals surface area contributed by atoms with E-state index >= 15 is 0 Å². The van der Waals surface area contributed by atoms with Gasteiger partial charge < -0.3 is 9.47 Å². The minimum Gasteiger partial charge on any atom is -0.458 e. The predicted molar refractivity (Wildman–Crippen MR) is 82.7 cm³/mol. The molecule has 0 amide bonds. The second-order valence-corrected chi connectivity index (χ2v) is 5.46. The Kier molecular flexibility index (Phi) is 4.94. The number of hydrogen-bond acceptors (Lipinski definition) is 4. The minimum atomic E-state index is -0.905. The maximum absolute atomic E-state index is 12.0. The molecule has 22 heavy (non-hydrogen) atoms. The van der Waals surface area contributed by atoms with Gasteiger partial charge in [0.1, 0.15) is 12.2 Å². The van der Waals surface area contributed by atoms with Gasteiger partial charge in [-0.05, 0) is 38.1 Å². The van der Waals surface area contributed by atoms with E-state index in [2.05, 4.69) is 0 Å². The van der Waals surface area contributed by atoms with Crippen LogP contribution in [0.1, 0.15) is 34.6 Å². The number of esters is 2. The van der Waals surface area contributed by atoms with Gasteiger partial charge in [-0.2, -0.15) is 0 Å². The molecule has 0 aliphatic rings. The zero-order valence-corrected chi connectivity index (χ0v) is 12.6. The van der Waals surface area contributed by atoms with Crippen LogP contribution in [0.4, 0.5) is 0 Å². The Labute approximate surface area is 129 Å². The van der Waals surface area contributed by atoms with E-state index in [1.165, 1.54) is 0 Å². The molecule has 4 heteroatoms. The normalized spacial score (nSPS) is 10.8. The van der Waals surface area contributed by atoms with E-state index < -0.39 is 17.5 Å². The van der Waals surface area contributed by atoms with E-state index in [1.807, 2.05) is 12.1 Å². The van der Waals surface area contributed by atoms with Crippen molar-refractivity contribution >= 4 is 11.9 Å². The Morgan fingerprint density at radius 1 is 0.818 bits per heavy atom. The van der Waals surface area contributed by atoms with E-state index in [0.29, 0.717) is 11.1 Å². The van der Waals surface area contributed by atoms with Gasteiger partial charge in [-0.3, -0.25) is 0 Å². The quantitative estimate of drug-likeness (QED) is 0.793. The first kappa shape index (κ1) is 15.8. The van der Waals surface area contributed by atoms with Gasteiger partial charge >= 0.3 is 11.9 Å². The molecule has 0 N–H and O–H groups in total. The van der Waals surface area contributed by atoms with Crippen molar-refractivity contribution in [3.8, 4) is 0 Å². The fourth-order valence-corrected chi connectivity index (χ4v) is 1.81.